The molecule has 3 heterocycles. The molecule has 6 nitrogen and oxygen atoms in total. The van der Waals surface area contributed by atoms with Crippen LogP contribution in [0.15, 0.2) is 48.8 Å². The summed E-state index contributed by atoms with van der Waals surface area (Å²) in [7, 11) is 1.64. The van der Waals surface area contributed by atoms with Gasteiger partial charge >= 0.3 is 0 Å². The van der Waals surface area contributed by atoms with E-state index in [2.05, 4.69) is 22.1 Å². The molecule has 0 saturated heterocycles. The van der Waals surface area contributed by atoms with Gasteiger partial charge in [0.2, 0.25) is 0 Å². The first kappa shape index (κ1) is 16.3. The van der Waals surface area contributed by atoms with Crippen molar-refractivity contribution in [3.05, 3.63) is 65.6 Å². The molecule has 3 aromatic rings. The zero-order chi connectivity index (χ0) is 18.1. The largest absolute Gasteiger partial charge is 0.497 e. The third-order valence-corrected chi connectivity index (χ3v) is 4.69. The molecule has 0 fully saturated rings. The van der Waals surface area contributed by atoms with Gasteiger partial charge in [-0.1, -0.05) is 13.0 Å². The average Bonchev–Trinajstić information content (AvgIpc) is 3.23. The van der Waals surface area contributed by atoms with Crippen molar-refractivity contribution in [1.82, 2.24) is 20.1 Å². The predicted molar refractivity (Wildman–Crippen MR) is 98.0 cm³/mol. The monoisotopic (exact) mass is 348 g/mol. The van der Waals surface area contributed by atoms with E-state index in [4.69, 9.17) is 4.74 Å². The van der Waals surface area contributed by atoms with E-state index in [1.54, 1.807) is 13.3 Å². The van der Waals surface area contributed by atoms with Gasteiger partial charge in [-0.15, -0.1) is 0 Å². The van der Waals surface area contributed by atoms with E-state index in [0.717, 1.165) is 34.6 Å². The highest BCUT2D eigenvalue weighted by atomic mass is 16.5. The van der Waals surface area contributed by atoms with Gasteiger partial charge in [0.1, 0.15) is 11.4 Å². The molecule has 1 aliphatic rings. The van der Waals surface area contributed by atoms with Gasteiger partial charge in [-0.3, -0.25) is 14.9 Å². The molecule has 1 aromatic carbocycles. The molecule has 4 rings (SSSR count). The minimum absolute atomic E-state index is 0.0111. The van der Waals surface area contributed by atoms with Crippen LogP contribution in [0.5, 0.6) is 5.75 Å². The molecular formula is C20H20N4O2. The number of amides is 1. The molecule has 0 spiro atoms. The number of rotatable bonds is 5. The Hall–Kier alpha value is -3.15. The molecule has 1 aliphatic heterocycles. The van der Waals surface area contributed by atoms with Gasteiger partial charge < -0.3 is 9.64 Å². The molecule has 2 aromatic heterocycles. The van der Waals surface area contributed by atoms with Crippen LogP contribution in [0.3, 0.4) is 0 Å². The van der Waals surface area contributed by atoms with E-state index in [-0.39, 0.29) is 11.9 Å². The summed E-state index contributed by atoms with van der Waals surface area (Å²) in [6.45, 7) is 2.76. The summed E-state index contributed by atoms with van der Waals surface area (Å²) in [6.07, 6.45) is 4.45. The van der Waals surface area contributed by atoms with E-state index in [1.165, 1.54) is 0 Å². The highest BCUT2D eigenvalue weighted by molar-refractivity contribution is 6.00. The Kier molecular flexibility index (Phi) is 4.16. The second-order valence-corrected chi connectivity index (χ2v) is 6.28. The number of nitrogens with one attached hydrogen (secondary N) is 1. The molecule has 1 atom stereocenters. The lowest BCUT2D eigenvalue weighted by Gasteiger charge is -2.25. The number of carbonyl (C=O) groups excluding carboxylic acids is 1. The molecule has 6 heteroatoms. The molecule has 0 bridgehead atoms. The molecule has 1 N–H and O–H groups in total. The number of pyridine rings is 1. The highest BCUT2D eigenvalue weighted by Gasteiger charge is 2.41. The maximum absolute atomic E-state index is 12.9. The van der Waals surface area contributed by atoms with Crippen LogP contribution in [0.4, 0.5) is 0 Å². The van der Waals surface area contributed by atoms with E-state index < -0.39 is 0 Å². The second-order valence-electron chi connectivity index (χ2n) is 6.28. The number of hydrogen-bond donors (Lipinski definition) is 1. The smallest absolute Gasteiger partial charge is 0.273 e. The number of aromatic nitrogens is 3. The molecule has 0 radical (unpaired) electrons. The number of ether oxygens (including phenoxy) is 1. The van der Waals surface area contributed by atoms with E-state index in [9.17, 15) is 4.79 Å². The molecule has 0 unspecified atom stereocenters. The standard InChI is InChI=1S/C20H20N4O2/c1-3-11-24-19(14-5-4-10-21-12-14)16-17(22-23-18(16)20(24)25)13-6-8-15(26-2)9-7-13/h4-10,12,19H,3,11H2,1-2H3,(H,22,23)/t19-/m0/s1. The normalized spacial score (nSPS) is 16.0. The number of carbonyl (C=O) groups is 1. The summed E-state index contributed by atoms with van der Waals surface area (Å²) in [5.41, 5.74) is 4.22. The number of fused-ring (bicyclic) bond motifs is 1. The molecule has 132 valence electrons. The van der Waals surface area contributed by atoms with Gasteiger partial charge in [0.25, 0.3) is 5.91 Å². The zero-order valence-corrected chi connectivity index (χ0v) is 14.8. The predicted octanol–water partition coefficient (Wildman–Crippen LogP) is 3.44. The summed E-state index contributed by atoms with van der Waals surface area (Å²) in [5, 5.41) is 7.41. The van der Waals surface area contributed by atoms with Gasteiger partial charge in [0, 0.05) is 30.1 Å². The highest BCUT2D eigenvalue weighted by Crippen LogP contribution is 2.42. The third-order valence-electron chi connectivity index (χ3n) is 4.69. The Labute approximate surface area is 151 Å². The fourth-order valence-corrected chi connectivity index (χ4v) is 3.52. The van der Waals surface area contributed by atoms with Gasteiger partial charge in [-0.2, -0.15) is 5.10 Å². The summed E-state index contributed by atoms with van der Waals surface area (Å²) < 4.78 is 5.24. The lowest BCUT2D eigenvalue weighted by atomic mass is 9.97. The molecule has 26 heavy (non-hydrogen) atoms. The van der Waals surface area contributed by atoms with Crippen molar-refractivity contribution in [3.8, 4) is 17.0 Å². The molecule has 0 aliphatic carbocycles. The van der Waals surface area contributed by atoms with E-state index in [1.807, 2.05) is 47.5 Å². The third kappa shape index (κ3) is 2.54. The van der Waals surface area contributed by atoms with E-state index >= 15 is 0 Å². The van der Waals surface area contributed by atoms with Gasteiger partial charge in [-0.05, 0) is 42.3 Å². The summed E-state index contributed by atoms with van der Waals surface area (Å²) in [4.78, 5) is 19.1. The minimum atomic E-state index is -0.179. The Balaban J connectivity index is 1.85. The minimum Gasteiger partial charge on any atom is -0.497 e. The Morgan fingerprint density at radius 2 is 2.04 bits per heavy atom. The number of aromatic amines is 1. The lowest BCUT2D eigenvalue weighted by molar-refractivity contribution is 0.0744. The van der Waals surface area contributed by atoms with E-state index in [0.29, 0.717) is 12.2 Å². The number of methoxy groups -OCH3 is 1. The number of H-pyrrole nitrogens is 1. The van der Waals surface area contributed by atoms with Crippen molar-refractivity contribution in [2.24, 2.45) is 0 Å². The number of benzene rings is 1. The van der Waals surface area contributed by atoms with Crippen LogP contribution < -0.4 is 4.74 Å². The SMILES string of the molecule is CCCN1C(=O)c2[nH]nc(-c3ccc(OC)cc3)c2[C@@H]1c1cccnc1. The first-order chi connectivity index (χ1) is 12.7. The van der Waals surface area contributed by atoms with Crippen LogP contribution in [0.2, 0.25) is 0 Å². The van der Waals surface area contributed by atoms with Crippen LogP contribution in [0.25, 0.3) is 11.3 Å². The summed E-state index contributed by atoms with van der Waals surface area (Å²) >= 11 is 0. The van der Waals surface area contributed by atoms with Crippen LogP contribution in [-0.2, 0) is 0 Å². The average molecular weight is 348 g/mol. The van der Waals surface area contributed by atoms with Crippen molar-refractivity contribution in [3.63, 3.8) is 0 Å². The number of nitrogens with zero attached hydrogens (tertiary/aromatic N) is 3. The van der Waals surface area contributed by atoms with Crippen molar-refractivity contribution in [2.75, 3.05) is 13.7 Å². The van der Waals surface area contributed by atoms with Crippen LogP contribution in [0, 0.1) is 0 Å². The van der Waals surface area contributed by atoms with Crippen LogP contribution >= 0.6 is 0 Å². The summed E-state index contributed by atoms with van der Waals surface area (Å²) in [5.74, 6) is 0.774. The maximum Gasteiger partial charge on any atom is 0.273 e. The van der Waals surface area contributed by atoms with Crippen molar-refractivity contribution in [1.29, 1.82) is 0 Å². The Morgan fingerprint density at radius 3 is 2.69 bits per heavy atom. The van der Waals surface area contributed by atoms with Gasteiger partial charge in [0.15, 0.2) is 0 Å². The van der Waals surface area contributed by atoms with Crippen LogP contribution in [0.1, 0.15) is 41.0 Å². The molecule has 1 amide bonds. The lowest BCUT2D eigenvalue weighted by Crippen LogP contribution is -2.30. The van der Waals surface area contributed by atoms with Gasteiger partial charge in [0.05, 0.1) is 18.8 Å². The second kappa shape index (κ2) is 6.63. The first-order valence-corrected chi connectivity index (χ1v) is 8.68. The quantitative estimate of drug-likeness (QED) is 0.767. The zero-order valence-electron chi connectivity index (χ0n) is 14.8. The first-order valence-electron chi connectivity index (χ1n) is 8.68. The van der Waals surface area contributed by atoms with Gasteiger partial charge in [-0.25, -0.2) is 0 Å². The fourth-order valence-electron chi connectivity index (χ4n) is 3.52. The maximum atomic E-state index is 12.9. The topological polar surface area (TPSA) is 71.1 Å². The fraction of sp³-hybridized carbons (Fsp3) is 0.250. The van der Waals surface area contributed by atoms with Crippen molar-refractivity contribution < 1.29 is 9.53 Å². The van der Waals surface area contributed by atoms with Crippen molar-refractivity contribution in [2.45, 2.75) is 19.4 Å². The molecule has 0 saturated carbocycles. The number of hydrogen-bond acceptors (Lipinski definition) is 4. The Bertz CT molecular complexity index is 919. The van der Waals surface area contributed by atoms with Crippen LogP contribution in [-0.4, -0.2) is 39.6 Å². The molecular weight excluding hydrogens is 328 g/mol. The Morgan fingerprint density at radius 1 is 1.23 bits per heavy atom. The summed E-state index contributed by atoms with van der Waals surface area (Å²) in [6, 6.07) is 11.4. The van der Waals surface area contributed by atoms with Crippen molar-refractivity contribution >= 4 is 5.91 Å².